The van der Waals surface area contributed by atoms with Crippen molar-refractivity contribution in [2.45, 2.75) is 11.0 Å². The maximum absolute atomic E-state index is 13.8. The summed E-state index contributed by atoms with van der Waals surface area (Å²) < 4.78 is 61.6. The lowest BCUT2D eigenvalue weighted by molar-refractivity contribution is 0.0393. The molecule has 1 aliphatic heterocycles. The van der Waals surface area contributed by atoms with Crippen LogP contribution >= 0.6 is 0 Å². The van der Waals surface area contributed by atoms with E-state index in [1.807, 2.05) is 11.0 Å². The lowest BCUT2D eigenvalue weighted by Crippen LogP contribution is -2.39. The van der Waals surface area contributed by atoms with Crippen LogP contribution in [-0.4, -0.2) is 38.1 Å². The maximum Gasteiger partial charge on any atom is 0.263 e. The van der Waals surface area contributed by atoms with Crippen LogP contribution < -0.4 is 9.62 Å². The second-order valence-corrected chi connectivity index (χ2v) is 9.46. The number of morpholine rings is 1. The van der Waals surface area contributed by atoms with E-state index in [2.05, 4.69) is 14.7 Å². The van der Waals surface area contributed by atoms with Gasteiger partial charge < -0.3 is 9.64 Å². The zero-order chi connectivity index (χ0) is 23.7. The molecule has 0 aliphatic carbocycles. The quantitative estimate of drug-likeness (QED) is 0.457. The highest BCUT2D eigenvalue weighted by Crippen LogP contribution is 2.32. The van der Waals surface area contributed by atoms with Gasteiger partial charge in [0.05, 0.1) is 22.5 Å². The van der Waals surface area contributed by atoms with E-state index in [1.165, 1.54) is 18.2 Å². The van der Waals surface area contributed by atoms with Crippen LogP contribution in [0.15, 0.2) is 77.7 Å². The first-order chi connectivity index (χ1) is 16.4. The van der Waals surface area contributed by atoms with Crippen molar-refractivity contribution in [3.8, 4) is 0 Å². The highest BCUT2D eigenvalue weighted by atomic mass is 32.2. The molecular formula is C24H20F2N4O3S. The van der Waals surface area contributed by atoms with Gasteiger partial charge in [-0.15, -0.1) is 0 Å². The number of nitrogens with zero attached hydrogens (tertiary/aromatic N) is 3. The van der Waals surface area contributed by atoms with E-state index >= 15 is 0 Å². The average Bonchev–Trinajstić information content (AvgIpc) is 2.86. The molecule has 0 bridgehead atoms. The smallest absolute Gasteiger partial charge is 0.263 e. The minimum atomic E-state index is -3.92. The van der Waals surface area contributed by atoms with Gasteiger partial charge in [-0.3, -0.25) is 4.72 Å². The van der Waals surface area contributed by atoms with Crippen LogP contribution in [0.1, 0.15) is 11.7 Å². The minimum Gasteiger partial charge on any atom is -0.370 e. The van der Waals surface area contributed by atoms with E-state index in [0.29, 0.717) is 29.0 Å². The molecule has 1 unspecified atom stereocenters. The maximum atomic E-state index is 13.8. The number of para-hydroxylation sites is 2. The summed E-state index contributed by atoms with van der Waals surface area (Å²) in [4.78, 5) is 11.1. The van der Waals surface area contributed by atoms with Gasteiger partial charge in [0.25, 0.3) is 10.0 Å². The molecule has 2 heterocycles. The van der Waals surface area contributed by atoms with Gasteiger partial charge in [-0.1, -0.05) is 36.4 Å². The number of halogens is 2. The largest absolute Gasteiger partial charge is 0.370 e. The van der Waals surface area contributed by atoms with Gasteiger partial charge in [-0.05, 0) is 42.0 Å². The molecule has 0 saturated carbocycles. The summed E-state index contributed by atoms with van der Waals surface area (Å²) in [5.74, 6) is -1.49. The summed E-state index contributed by atoms with van der Waals surface area (Å²) in [6.45, 7) is 0.939. The molecule has 5 rings (SSSR count). The number of benzene rings is 3. The summed E-state index contributed by atoms with van der Waals surface area (Å²) in [6, 6.07) is 18.8. The Balaban J connectivity index is 1.53. The number of nitrogens with one attached hydrogen (secondary N) is 1. The van der Waals surface area contributed by atoms with E-state index in [4.69, 9.17) is 4.74 Å². The Bertz CT molecular complexity index is 1450. The van der Waals surface area contributed by atoms with Crippen LogP contribution in [0.5, 0.6) is 0 Å². The second kappa shape index (κ2) is 8.96. The van der Waals surface area contributed by atoms with Gasteiger partial charge in [-0.2, -0.15) is 0 Å². The third-order valence-electron chi connectivity index (χ3n) is 5.52. The van der Waals surface area contributed by atoms with Crippen molar-refractivity contribution < 1.29 is 21.9 Å². The Morgan fingerprint density at radius 1 is 0.912 bits per heavy atom. The van der Waals surface area contributed by atoms with Gasteiger partial charge in [0.1, 0.15) is 6.10 Å². The van der Waals surface area contributed by atoms with Gasteiger partial charge in [0.2, 0.25) is 0 Å². The van der Waals surface area contributed by atoms with Gasteiger partial charge >= 0.3 is 0 Å². The number of anilines is 2. The van der Waals surface area contributed by atoms with Gasteiger partial charge in [0.15, 0.2) is 23.3 Å². The molecule has 174 valence electrons. The zero-order valence-corrected chi connectivity index (χ0v) is 18.7. The molecule has 1 aliphatic rings. The summed E-state index contributed by atoms with van der Waals surface area (Å²) in [5, 5.41) is 0. The monoisotopic (exact) mass is 482 g/mol. The van der Waals surface area contributed by atoms with Crippen molar-refractivity contribution >= 4 is 32.7 Å². The van der Waals surface area contributed by atoms with E-state index < -0.39 is 27.8 Å². The van der Waals surface area contributed by atoms with Crippen molar-refractivity contribution in [2.24, 2.45) is 0 Å². The lowest BCUT2D eigenvalue weighted by Gasteiger charge is -2.34. The summed E-state index contributed by atoms with van der Waals surface area (Å²) in [7, 11) is -3.92. The Morgan fingerprint density at radius 3 is 2.35 bits per heavy atom. The van der Waals surface area contributed by atoms with Crippen LogP contribution in [0.4, 0.5) is 20.4 Å². The first kappa shape index (κ1) is 22.2. The van der Waals surface area contributed by atoms with Crippen molar-refractivity contribution in [3.63, 3.8) is 0 Å². The highest BCUT2D eigenvalue weighted by molar-refractivity contribution is 7.92. The molecule has 10 heteroatoms. The lowest BCUT2D eigenvalue weighted by atomic mass is 10.1. The molecular weight excluding hydrogens is 462 g/mol. The highest BCUT2D eigenvalue weighted by Gasteiger charge is 2.28. The summed E-state index contributed by atoms with van der Waals surface area (Å²) >= 11 is 0. The summed E-state index contributed by atoms with van der Waals surface area (Å²) in [6.07, 6.45) is -0.560. The second-order valence-electron chi connectivity index (χ2n) is 7.78. The van der Waals surface area contributed by atoms with Crippen LogP contribution in [0.3, 0.4) is 0 Å². The third-order valence-corrected chi connectivity index (χ3v) is 6.87. The fraction of sp³-hybridized carbons (Fsp3) is 0.167. The Labute approximate surface area is 195 Å². The normalized spacial score (nSPS) is 16.5. The molecule has 1 saturated heterocycles. The first-order valence-corrected chi connectivity index (χ1v) is 12.1. The van der Waals surface area contributed by atoms with Crippen LogP contribution in [0.25, 0.3) is 11.0 Å². The number of sulfonamides is 1. The number of rotatable bonds is 5. The summed E-state index contributed by atoms with van der Waals surface area (Å²) in [5.41, 5.74) is 1.60. The number of hydrogen-bond acceptors (Lipinski definition) is 6. The Hall–Kier alpha value is -3.63. The predicted octanol–water partition coefficient (Wildman–Crippen LogP) is 4.29. The average molecular weight is 483 g/mol. The zero-order valence-electron chi connectivity index (χ0n) is 17.9. The topological polar surface area (TPSA) is 84.4 Å². The fourth-order valence-electron chi connectivity index (χ4n) is 3.82. The van der Waals surface area contributed by atoms with Crippen LogP contribution in [-0.2, 0) is 14.8 Å². The molecule has 0 radical (unpaired) electrons. The number of aromatic nitrogens is 2. The van der Waals surface area contributed by atoms with E-state index in [0.717, 1.165) is 12.1 Å². The third kappa shape index (κ3) is 4.42. The molecule has 7 nitrogen and oxygen atoms in total. The van der Waals surface area contributed by atoms with Crippen molar-refractivity contribution in [2.75, 3.05) is 29.3 Å². The van der Waals surface area contributed by atoms with E-state index in [9.17, 15) is 17.2 Å². The van der Waals surface area contributed by atoms with E-state index in [-0.39, 0.29) is 23.9 Å². The molecule has 0 amide bonds. The van der Waals surface area contributed by atoms with Crippen molar-refractivity contribution in [1.29, 1.82) is 0 Å². The van der Waals surface area contributed by atoms with Crippen molar-refractivity contribution in [3.05, 3.63) is 90.0 Å². The molecule has 0 spiro atoms. The molecule has 4 aromatic rings. The molecule has 1 aromatic heterocycles. The number of fused-ring (bicyclic) bond motifs is 1. The minimum absolute atomic E-state index is 0.0773. The number of hydrogen-bond donors (Lipinski definition) is 1. The van der Waals surface area contributed by atoms with Gasteiger partial charge in [-0.25, -0.2) is 27.2 Å². The van der Waals surface area contributed by atoms with Crippen molar-refractivity contribution in [1.82, 2.24) is 9.97 Å². The standard InChI is InChI=1S/C24H20F2N4O3S/c25-18-11-10-16(14-19(18)26)22-15-30(12-13-33-22)24-23(27-20-8-4-5-9-21(20)28-24)29-34(31,32)17-6-2-1-3-7-17/h1-11,14,22H,12-13,15H2,(H,27,29). The van der Waals surface area contributed by atoms with Crippen LogP contribution in [0, 0.1) is 11.6 Å². The number of ether oxygens (including phenoxy) is 1. The van der Waals surface area contributed by atoms with Crippen LogP contribution in [0.2, 0.25) is 0 Å². The first-order valence-electron chi connectivity index (χ1n) is 10.6. The molecule has 3 aromatic carbocycles. The Morgan fingerprint density at radius 2 is 1.62 bits per heavy atom. The molecule has 1 atom stereocenters. The van der Waals surface area contributed by atoms with Gasteiger partial charge in [0, 0.05) is 13.1 Å². The fourth-order valence-corrected chi connectivity index (χ4v) is 4.85. The molecule has 1 N–H and O–H groups in total. The molecule has 1 fully saturated rings. The van der Waals surface area contributed by atoms with E-state index in [1.54, 1.807) is 36.4 Å². The predicted molar refractivity (Wildman–Crippen MR) is 124 cm³/mol. The molecule has 34 heavy (non-hydrogen) atoms. The Kier molecular flexibility index (Phi) is 5.84. The SMILES string of the molecule is O=S(=O)(Nc1nc2ccccc2nc1N1CCOC(c2ccc(F)c(F)c2)C1)c1ccccc1.